The topological polar surface area (TPSA) is 130 Å². The summed E-state index contributed by atoms with van der Waals surface area (Å²) in [7, 11) is 3.02. The van der Waals surface area contributed by atoms with Gasteiger partial charge in [0.15, 0.2) is 0 Å². The zero-order valence-corrected chi connectivity index (χ0v) is 22.5. The van der Waals surface area contributed by atoms with E-state index in [0.29, 0.717) is 17.5 Å². The number of benzene rings is 2. The summed E-state index contributed by atoms with van der Waals surface area (Å²) in [5, 5.41) is 9.81. The molecule has 2 rings (SSSR count). The molecule has 0 unspecified atom stereocenters. The molecule has 0 heterocycles. The molecule has 0 spiro atoms. The number of hydrogen-bond donors (Lipinski definition) is 3. The standard InChI is InChI=1S/C28H39FN4O4/c1-17-13-19(9-12-24(17)34)15-22(25(31)35)32(5)27(37)23(16-28(2,3)4)33(6)26(36)21(30)14-18-7-10-20(29)11-8-18/h7-13,21-23,34H,14-16,30H2,1-6H3,(H2,31,35)/t21-,22-,23-/m0/s1. The second-order valence-corrected chi connectivity index (χ2v) is 10.9. The number of amides is 3. The number of likely N-dealkylation sites (N-methyl/N-ethyl adjacent to an activating group) is 2. The van der Waals surface area contributed by atoms with Crippen LogP contribution in [0.15, 0.2) is 42.5 Å². The molecular weight excluding hydrogens is 475 g/mol. The Kier molecular flexibility index (Phi) is 9.80. The Hall–Kier alpha value is -3.46. The van der Waals surface area contributed by atoms with Crippen molar-refractivity contribution in [1.29, 1.82) is 0 Å². The molecule has 0 aliphatic carbocycles. The van der Waals surface area contributed by atoms with E-state index in [1.807, 2.05) is 20.8 Å². The molecule has 0 aromatic heterocycles. The molecule has 3 amide bonds. The predicted molar refractivity (Wildman–Crippen MR) is 141 cm³/mol. The Bertz CT molecular complexity index is 1110. The largest absolute Gasteiger partial charge is 0.508 e. The zero-order valence-electron chi connectivity index (χ0n) is 22.5. The molecule has 0 aliphatic rings. The molecule has 2 aromatic carbocycles. The molecule has 0 saturated heterocycles. The first-order valence-corrected chi connectivity index (χ1v) is 12.2. The molecule has 8 nitrogen and oxygen atoms in total. The quantitative estimate of drug-likeness (QED) is 0.449. The van der Waals surface area contributed by atoms with E-state index in [-0.39, 0.29) is 29.8 Å². The number of nitrogens with two attached hydrogens (primary N) is 2. The monoisotopic (exact) mass is 514 g/mol. The maximum absolute atomic E-state index is 13.7. The van der Waals surface area contributed by atoms with E-state index < -0.39 is 35.8 Å². The summed E-state index contributed by atoms with van der Waals surface area (Å²) in [6.07, 6.45) is 0.661. The van der Waals surface area contributed by atoms with Gasteiger partial charge < -0.3 is 26.4 Å². The van der Waals surface area contributed by atoms with Crippen molar-refractivity contribution in [3.8, 4) is 5.75 Å². The molecule has 202 valence electrons. The Balaban J connectivity index is 2.28. The third kappa shape index (κ3) is 8.28. The first-order chi connectivity index (χ1) is 17.1. The van der Waals surface area contributed by atoms with Crippen LogP contribution in [-0.4, -0.2) is 64.8 Å². The highest BCUT2D eigenvalue weighted by Crippen LogP contribution is 2.26. The number of aryl methyl sites for hydroxylation is 1. The molecule has 0 fully saturated rings. The van der Waals surface area contributed by atoms with E-state index in [1.54, 1.807) is 31.2 Å². The first-order valence-electron chi connectivity index (χ1n) is 12.2. The number of primary amides is 1. The van der Waals surface area contributed by atoms with E-state index in [0.717, 1.165) is 5.56 Å². The summed E-state index contributed by atoms with van der Waals surface area (Å²) >= 11 is 0. The van der Waals surface area contributed by atoms with E-state index in [9.17, 15) is 23.9 Å². The normalized spacial score (nSPS) is 13.9. The lowest BCUT2D eigenvalue weighted by molar-refractivity contribution is -0.148. The van der Waals surface area contributed by atoms with Crippen molar-refractivity contribution in [2.45, 2.75) is 65.1 Å². The molecule has 9 heteroatoms. The van der Waals surface area contributed by atoms with Gasteiger partial charge in [0.25, 0.3) is 0 Å². The second kappa shape index (κ2) is 12.2. The fourth-order valence-electron chi connectivity index (χ4n) is 4.23. The summed E-state index contributed by atoms with van der Waals surface area (Å²) in [5.41, 5.74) is 13.6. The lowest BCUT2D eigenvalue weighted by Crippen LogP contribution is -2.57. The van der Waals surface area contributed by atoms with Gasteiger partial charge in [-0.25, -0.2) is 4.39 Å². The van der Waals surface area contributed by atoms with Gasteiger partial charge in [0.05, 0.1) is 6.04 Å². The Labute approximate surface area is 218 Å². The van der Waals surface area contributed by atoms with Gasteiger partial charge in [0.2, 0.25) is 17.7 Å². The smallest absolute Gasteiger partial charge is 0.245 e. The molecule has 0 radical (unpaired) electrons. The van der Waals surface area contributed by atoms with Crippen LogP contribution in [0.4, 0.5) is 4.39 Å². The average molecular weight is 515 g/mol. The Morgan fingerprint density at radius 2 is 1.46 bits per heavy atom. The van der Waals surface area contributed by atoms with Crippen LogP contribution in [0.1, 0.15) is 43.9 Å². The number of nitrogens with zero attached hydrogens (tertiary/aromatic N) is 2. The predicted octanol–water partition coefficient (Wildman–Crippen LogP) is 2.53. The summed E-state index contributed by atoms with van der Waals surface area (Å²) < 4.78 is 13.2. The summed E-state index contributed by atoms with van der Waals surface area (Å²) in [6, 6.07) is 7.88. The molecule has 2 aromatic rings. The van der Waals surface area contributed by atoms with Gasteiger partial charge >= 0.3 is 0 Å². The minimum Gasteiger partial charge on any atom is -0.508 e. The van der Waals surface area contributed by atoms with Crippen molar-refractivity contribution in [3.05, 3.63) is 65.0 Å². The molecule has 37 heavy (non-hydrogen) atoms. The lowest BCUT2D eigenvalue weighted by atomic mass is 9.86. The number of hydrogen-bond acceptors (Lipinski definition) is 5. The Morgan fingerprint density at radius 1 is 0.919 bits per heavy atom. The fraction of sp³-hybridized carbons (Fsp3) is 0.464. The van der Waals surface area contributed by atoms with Gasteiger partial charge in [-0.3, -0.25) is 14.4 Å². The number of carbonyl (C=O) groups excluding carboxylic acids is 3. The van der Waals surface area contributed by atoms with Gasteiger partial charge in [-0.1, -0.05) is 45.0 Å². The molecule has 0 saturated carbocycles. The number of phenols is 1. The summed E-state index contributed by atoms with van der Waals surface area (Å²) in [5.74, 6) is -1.81. The van der Waals surface area contributed by atoms with Crippen molar-refractivity contribution < 1.29 is 23.9 Å². The minimum atomic E-state index is -0.963. The van der Waals surface area contributed by atoms with Crippen molar-refractivity contribution in [3.63, 3.8) is 0 Å². The summed E-state index contributed by atoms with van der Waals surface area (Å²) in [4.78, 5) is 42.0. The zero-order chi connectivity index (χ0) is 28.1. The van der Waals surface area contributed by atoms with Crippen molar-refractivity contribution in [2.24, 2.45) is 16.9 Å². The van der Waals surface area contributed by atoms with Crippen LogP contribution in [0.2, 0.25) is 0 Å². The molecule has 5 N–H and O–H groups in total. The molecule has 3 atom stereocenters. The fourth-order valence-corrected chi connectivity index (χ4v) is 4.23. The first kappa shape index (κ1) is 29.8. The highest BCUT2D eigenvalue weighted by atomic mass is 19.1. The third-order valence-corrected chi connectivity index (χ3v) is 6.43. The third-order valence-electron chi connectivity index (χ3n) is 6.43. The van der Waals surface area contributed by atoms with E-state index in [2.05, 4.69) is 0 Å². The van der Waals surface area contributed by atoms with Gasteiger partial charge in [0.1, 0.15) is 23.7 Å². The Morgan fingerprint density at radius 3 is 1.97 bits per heavy atom. The van der Waals surface area contributed by atoms with Gasteiger partial charge in [0, 0.05) is 20.5 Å². The maximum Gasteiger partial charge on any atom is 0.245 e. The van der Waals surface area contributed by atoms with Crippen molar-refractivity contribution >= 4 is 17.7 Å². The van der Waals surface area contributed by atoms with Crippen LogP contribution in [0.3, 0.4) is 0 Å². The van der Waals surface area contributed by atoms with E-state index in [1.165, 1.54) is 42.1 Å². The number of rotatable bonds is 10. The van der Waals surface area contributed by atoms with Crippen molar-refractivity contribution in [2.75, 3.05) is 14.1 Å². The van der Waals surface area contributed by atoms with Crippen molar-refractivity contribution in [1.82, 2.24) is 9.80 Å². The van der Waals surface area contributed by atoms with Crippen LogP contribution in [0.25, 0.3) is 0 Å². The van der Waals surface area contributed by atoms with Crippen LogP contribution in [0.5, 0.6) is 5.75 Å². The SMILES string of the molecule is Cc1cc(C[C@@H](C(N)=O)N(C)C(=O)[C@H](CC(C)(C)C)N(C)C(=O)[C@@H](N)Cc2ccc(F)cc2)ccc1O. The van der Waals surface area contributed by atoms with E-state index >= 15 is 0 Å². The number of phenolic OH excluding ortho intramolecular Hbond substituents is 1. The highest BCUT2D eigenvalue weighted by Gasteiger charge is 2.37. The minimum absolute atomic E-state index is 0.131. The highest BCUT2D eigenvalue weighted by molar-refractivity contribution is 5.92. The van der Waals surface area contributed by atoms with Crippen LogP contribution in [-0.2, 0) is 27.2 Å². The number of halogens is 1. The average Bonchev–Trinajstić information content (AvgIpc) is 2.82. The molecule has 0 bridgehead atoms. The molecule has 0 aliphatic heterocycles. The van der Waals surface area contributed by atoms with E-state index in [4.69, 9.17) is 11.5 Å². The van der Waals surface area contributed by atoms with Crippen LogP contribution < -0.4 is 11.5 Å². The van der Waals surface area contributed by atoms with Gasteiger partial charge in [-0.05, 0) is 60.1 Å². The number of aromatic hydroxyl groups is 1. The van der Waals surface area contributed by atoms with Gasteiger partial charge in [-0.15, -0.1) is 0 Å². The lowest BCUT2D eigenvalue weighted by Gasteiger charge is -2.37. The maximum atomic E-state index is 13.7. The van der Waals surface area contributed by atoms with Crippen LogP contribution >= 0.6 is 0 Å². The molecular formula is C28H39FN4O4. The summed E-state index contributed by atoms with van der Waals surface area (Å²) in [6.45, 7) is 7.60. The van der Waals surface area contributed by atoms with Gasteiger partial charge in [-0.2, -0.15) is 0 Å². The number of carbonyl (C=O) groups is 3. The van der Waals surface area contributed by atoms with Crippen LogP contribution in [0, 0.1) is 18.2 Å². The second-order valence-electron chi connectivity index (χ2n) is 10.9.